The molecule has 0 N–H and O–H groups in total. The zero-order valence-electron chi connectivity index (χ0n) is 32.8. The number of hydrogen-bond donors (Lipinski definition) is 0. The van der Waals surface area contributed by atoms with Crippen molar-refractivity contribution in [1.82, 2.24) is 19.5 Å². The van der Waals surface area contributed by atoms with Gasteiger partial charge < -0.3 is 13.3 Å². The molecule has 7 heteroatoms. The molecule has 7 nitrogen and oxygen atoms in total. The number of aromatic nitrogens is 4. The zero-order valence-corrected chi connectivity index (χ0v) is 32.8. The molecule has 288 valence electrons. The molecule has 5 aromatic heterocycles. The highest BCUT2D eigenvalue weighted by atomic mass is 16.3. The number of nitrogens with zero attached hydrogens (tertiary/aromatic N) is 4. The van der Waals surface area contributed by atoms with Gasteiger partial charge in [0, 0.05) is 59.8 Å². The molecule has 0 aliphatic heterocycles. The van der Waals surface area contributed by atoms with Crippen LogP contribution in [0.4, 0.5) is 0 Å². The van der Waals surface area contributed by atoms with E-state index in [1.165, 1.54) is 0 Å². The Labute approximate surface area is 351 Å². The fraction of sp³-hybridized carbons (Fsp3) is 0. The van der Waals surface area contributed by atoms with Crippen LogP contribution < -0.4 is 0 Å². The van der Waals surface area contributed by atoms with Crippen LogP contribution >= 0.6 is 0 Å². The molecule has 14 aromatic rings. The van der Waals surface area contributed by atoms with E-state index in [-0.39, 0.29) is 0 Å². The molecule has 62 heavy (non-hydrogen) atoms. The van der Waals surface area contributed by atoms with Crippen molar-refractivity contribution in [2.24, 2.45) is 0 Å². The van der Waals surface area contributed by atoms with Crippen LogP contribution in [0.3, 0.4) is 0 Å². The number of rotatable bonds is 4. The lowest BCUT2D eigenvalue weighted by atomic mass is 10.00. The fourth-order valence-electron chi connectivity index (χ4n) is 9.54. The predicted octanol–water partition coefficient (Wildman–Crippen LogP) is 14.8. The first-order valence-corrected chi connectivity index (χ1v) is 20.7. The topological polar surface area (TPSA) is 83.0 Å². The maximum Gasteiger partial charge on any atom is 0.238 e. The van der Waals surface area contributed by atoms with Gasteiger partial charge in [-0.3, -0.25) is 4.57 Å². The van der Waals surface area contributed by atoms with Crippen molar-refractivity contribution < 1.29 is 13.3 Å². The minimum Gasteiger partial charge on any atom is -0.456 e. The number of para-hydroxylation sites is 4. The van der Waals surface area contributed by atoms with Crippen LogP contribution in [0.5, 0.6) is 0 Å². The molecule has 0 aliphatic rings. The molecular weight excluding hydrogens is 765 g/mol. The van der Waals surface area contributed by atoms with Crippen LogP contribution in [-0.2, 0) is 0 Å². The number of furan rings is 3. The van der Waals surface area contributed by atoms with Crippen molar-refractivity contribution in [1.29, 1.82) is 0 Å². The summed E-state index contributed by atoms with van der Waals surface area (Å²) in [5.41, 5.74) is 10.6. The summed E-state index contributed by atoms with van der Waals surface area (Å²) in [6.45, 7) is 0. The summed E-state index contributed by atoms with van der Waals surface area (Å²) in [4.78, 5) is 16.0. The SMILES string of the molecule is c1ccc2cc3c(cc2c1)c1cccc(-c2ccc4c(c2)oc2ccccc24)c1n3-c1nc(-c2ccc3c(c2)oc2ccccc23)nc(-c2ccc3c(c2)oc2ccccc23)n1. The molecule has 0 fully saturated rings. The van der Waals surface area contributed by atoms with Gasteiger partial charge in [-0.15, -0.1) is 0 Å². The number of benzene rings is 9. The minimum atomic E-state index is 0.493. The van der Waals surface area contributed by atoms with Gasteiger partial charge in [-0.25, -0.2) is 4.98 Å². The standard InChI is InChI=1S/C55H30N4O3/c1-2-11-32-27-45-44(26-31(32)10-1)43-16-9-15-36(33-20-23-40-37-12-3-6-17-46(37)60-49(40)28-33)52(43)59(45)55-57-53(34-21-24-41-38-13-4-7-18-47(38)61-50(41)29-34)56-54(58-55)35-22-25-42-39-14-5-8-19-48(39)62-51(42)30-35/h1-30H. The van der Waals surface area contributed by atoms with Gasteiger partial charge in [0.15, 0.2) is 11.6 Å². The summed E-state index contributed by atoms with van der Waals surface area (Å²) in [6.07, 6.45) is 0. The summed E-state index contributed by atoms with van der Waals surface area (Å²) in [6, 6.07) is 62.8. The second-order valence-corrected chi connectivity index (χ2v) is 16.0. The first-order valence-electron chi connectivity index (χ1n) is 20.7. The van der Waals surface area contributed by atoms with Gasteiger partial charge in [0.1, 0.15) is 33.5 Å². The lowest BCUT2D eigenvalue weighted by Gasteiger charge is -2.13. The molecule has 0 saturated carbocycles. The van der Waals surface area contributed by atoms with Gasteiger partial charge in [-0.05, 0) is 83.1 Å². The maximum absolute atomic E-state index is 6.43. The molecule has 14 rings (SSSR count). The van der Waals surface area contributed by atoms with Crippen molar-refractivity contribution in [2.75, 3.05) is 0 Å². The molecule has 0 amide bonds. The third kappa shape index (κ3) is 4.84. The Hall–Kier alpha value is -8.55. The Morgan fingerprint density at radius 2 is 0.774 bits per heavy atom. The smallest absolute Gasteiger partial charge is 0.238 e. The highest BCUT2D eigenvalue weighted by Gasteiger charge is 2.23. The molecule has 0 bridgehead atoms. The van der Waals surface area contributed by atoms with E-state index in [9.17, 15) is 0 Å². The Balaban J connectivity index is 1.07. The zero-order chi connectivity index (χ0) is 40.5. The number of hydrogen-bond acceptors (Lipinski definition) is 6. The van der Waals surface area contributed by atoms with Gasteiger partial charge in [-0.1, -0.05) is 115 Å². The summed E-state index contributed by atoms with van der Waals surface area (Å²) in [5.74, 6) is 1.54. The number of fused-ring (bicyclic) bond motifs is 13. The Morgan fingerprint density at radius 1 is 0.323 bits per heavy atom. The molecular formula is C55H30N4O3. The van der Waals surface area contributed by atoms with Crippen LogP contribution in [0.15, 0.2) is 195 Å². The molecule has 9 aromatic carbocycles. The lowest BCUT2D eigenvalue weighted by Crippen LogP contribution is -2.07. The van der Waals surface area contributed by atoms with Gasteiger partial charge in [0.2, 0.25) is 5.95 Å². The first-order chi connectivity index (χ1) is 30.7. The van der Waals surface area contributed by atoms with E-state index in [2.05, 4.69) is 126 Å². The van der Waals surface area contributed by atoms with E-state index < -0.39 is 0 Å². The lowest BCUT2D eigenvalue weighted by molar-refractivity contribution is 0.668. The highest BCUT2D eigenvalue weighted by molar-refractivity contribution is 6.17. The molecule has 0 radical (unpaired) electrons. The Morgan fingerprint density at radius 3 is 1.34 bits per heavy atom. The average Bonchev–Trinajstić information content (AvgIpc) is 4.08. The second-order valence-electron chi connectivity index (χ2n) is 16.0. The Bertz CT molecular complexity index is 4060. The molecule has 0 saturated heterocycles. The first kappa shape index (κ1) is 33.3. The minimum absolute atomic E-state index is 0.493. The highest BCUT2D eigenvalue weighted by Crippen LogP contribution is 2.42. The molecule has 5 heterocycles. The average molecular weight is 795 g/mol. The van der Waals surface area contributed by atoms with Gasteiger partial charge in [-0.2, -0.15) is 9.97 Å². The van der Waals surface area contributed by atoms with Crippen LogP contribution in [0, 0.1) is 0 Å². The molecule has 0 aliphatic carbocycles. The van der Waals surface area contributed by atoms with Crippen molar-refractivity contribution in [3.05, 3.63) is 182 Å². The van der Waals surface area contributed by atoms with E-state index >= 15 is 0 Å². The van der Waals surface area contributed by atoms with E-state index in [1.54, 1.807) is 0 Å². The maximum atomic E-state index is 6.43. The van der Waals surface area contributed by atoms with Gasteiger partial charge in [0.25, 0.3) is 0 Å². The summed E-state index contributed by atoms with van der Waals surface area (Å²) >= 11 is 0. The second kappa shape index (κ2) is 12.5. The summed E-state index contributed by atoms with van der Waals surface area (Å²) in [5, 5.41) is 10.8. The third-order valence-electron chi connectivity index (χ3n) is 12.4. The Kier molecular flexibility index (Phi) is 6.71. The van der Waals surface area contributed by atoms with E-state index in [0.29, 0.717) is 17.6 Å². The monoisotopic (exact) mass is 794 g/mol. The largest absolute Gasteiger partial charge is 0.456 e. The predicted molar refractivity (Wildman–Crippen MR) is 250 cm³/mol. The van der Waals surface area contributed by atoms with E-state index in [4.69, 9.17) is 28.2 Å². The van der Waals surface area contributed by atoms with Crippen LogP contribution in [-0.4, -0.2) is 19.5 Å². The quantitative estimate of drug-likeness (QED) is 0.176. The van der Waals surface area contributed by atoms with Crippen molar-refractivity contribution in [3.8, 4) is 39.9 Å². The van der Waals surface area contributed by atoms with Crippen LogP contribution in [0.25, 0.3) is 138 Å². The van der Waals surface area contributed by atoms with Gasteiger partial charge >= 0.3 is 0 Å². The normalized spacial score (nSPS) is 12.2. The molecule has 0 unspecified atom stereocenters. The van der Waals surface area contributed by atoms with Crippen LogP contribution in [0.1, 0.15) is 0 Å². The molecule has 0 atom stereocenters. The summed E-state index contributed by atoms with van der Waals surface area (Å²) in [7, 11) is 0. The summed E-state index contributed by atoms with van der Waals surface area (Å²) < 4.78 is 21.4. The van der Waals surface area contributed by atoms with Crippen molar-refractivity contribution >= 4 is 98.4 Å². The van der Waals surface area contributed by atoms with Crippen LogP contribution in [0.2, 0.25) is 0 Å². The van der Waals surface area contributed by atoms with E-state index in [1.807, 2.05) is 60.7 Å². The third-order valence-corrected chi connectivity index (χ3v) is 12.4. The van der Waals surface area contributed by atoms with E-state index in [0.717, 1.165) is 121 Å². The fourth-order valence-corrected chi connectivity index (χ4v) is 9.54. The molecule has 0 spiro atoms. The van der Waals surface area contributed by atoms with Crippen molar-refractivity contribution in [2.45, 2.75) is 0 Å². The van der Waals surface area contributed by atoms with Crippen molar-refractivity contribution in [3.63, 3.8) is 0 Å². The van der Waals surface area contributed by atoms with Gasteiger partial charge in [0.05, 0.1) is 11.0 Å².